The second-order valence-corrected chi connectivity index (χ2v) is 7.66. The minimum Gasteiger partial charge on any atom is -0.497 e. The van der Waals surface area contributed by atoms with Crippen LogP contribution in [-0.2, 0) is 4.79 Å². The predicted octanol–water partition coefficient (Wildman–Crippen LogP) is 3.62. The summed E-state index contributed by atoms with van der Waals surface area (Å²) in [6.45, 7) is 3.15. The normalized spacial score (nSPS) is 18.0. The van der Waals surface area contributed by atoms with Crippen LogP contribution < -0.4 is 14.8 Å². The van der Waals surface area contributed by atoms with Crippen molar-refractivity contribution in [1.29, 1.82) is 0 Å². The fourth-order valence-corrected chi connectivity index (χ4v) is 4.00. The molecule has 31 heavy (non-hydrogen) atoms. The van der Waals surface area contributed by atoms with Crippen LogP contribution in [0.25, 0.3) is 0 Å². The topological polar surface area (TPSA) is 67.9 Å². The Hall–Kier alpha value is -3.09. The first-order chi connectivity index (χ1) is 15.0. The molecule has 1 aliphatic heterocycles. The summed E-state index contributed by atoms with van der Waals surface area (Å²) in [7, 11) is 3.13. The summed E-state index contributed by atoms with van der Waals surface area (Å²) in [5.74, 6) is -0.604. The molecule has 0 spiro atoms. The fraction of sp³-hybridized carbons (Fsp3) is 0.417. The molecule has 2 aromatic rings. The van der Waals surface area contributed by atoms with Gasteiger partial charge in [0.15, 0.2) is 0 Å². The zero-order valence-electron chi connectivity index (χ0n) is 18.2. The molecule has 0 unspecified atom stereocenters. The highest BCUT2D eigenvalue weighted by molar-refractivity contribution is 5.95. The molecule has 1 aliphatic rings. The highest BCUT2D eigenvalue weighted by Crippen LogP contribution is 2.39. The third-order valence-electron chi connectivity index (χ3n) is 5.72. The van der Waals surface area contributed by atoms with E-state index in [0.29, 0.717) is 24.6 Å². The number of likely N-dealkylation sites (tertiary alicyclic amines) is 1. The number of carbonyl (C=O) groups is 2. The van der Waals surface area contributed by atoms with E-state index in [9.17, 15) is 14.0 Å². The van der Waals surface area contributed by atoms with Gasteiger partial charge in [-0.1, -0.05) is 31.5 Å². The minimum atomic E-state index is -0.568. The van der Waals surface area contributed by atoms with Gasteiger partial charge in [0, 0.05) is 37.2 Å². The van der Waals surface area contributed by atoms with Gasteiger partial charge in [0.1, 0.15) is 17.3 Å². The van der Waals surface area contributed by atoms with Gasteiger partial charge in [-0.2, -0.15) is 0 Å². The Morgan fingerprint density at radius 1 is 1.13 bits per heavy atom. The quantitative estimate of drug-likeness (QED) is 0.652. The zero-order valence-corrected chi connectivity index (χ0v) is 18.2. The number of methoxy groups -OCH3 is 2. The number of benzene rings is 2. The molecule has 3 rings (SSSR count). The summed E-state index contributed by atoms with van der Waals surface area (Å²) < 4.78 is 25.0. The van der Waals surface area contributed by atoms with Crippen LogP contribution in [0.15, 0.2) is 42.5 Å². The van der Waals surface area contributed by atoms with E-state index in [1.165, 1.54) is 12.1 Å². The maximum atomic E-state index is 14.2. The van der Waals surface area contributed by atoms with Crippen molar-refractivity contribution < 1.29 is 23.5 Å². The second kappa shape index (κ2) is 10.3. The molecule has 1 heterocycles. The molecule has 166 valence electrons. The van der Waals surface area contributed by atoms with E-state index in [2.05, 4.69) is 12.2 Å². The highest BCUT2D eigenvalue weighted by atomic mass is 19.1. The van der Waals surface area contributed by atoms with Gasteiger partial charge in [-0.3, -0.25) is 9.59 Å². The van der Waals surface area contributed by atoms with Gasteiger partial charge in [-0.05, 0) is 24.6 Å². The molecule has 2 amide bonds. The van der Waals surface area contributed by atoms with Crippen LogP contribution in [0.4, 0.5) is 4.39 Å². The molecule has 0 aromatic heterocycles. The first-order valence-electron chi connectivity index (χ1n) is 10.5. The molecule has 0 saturated carbocycles. The van der Waals surface area contributed by atoms with Crippen LogP contribution in [-0.4, -0.2) is 50.6 Å². The monoisotopic (exact) mass is 428 g/mol. The second-order valence-electron chi connectivity index (χ2n) is 7.66. The lowest BCUT2D eigenvalue weighted by Crippen LogP contribution is -2.36. The molecule has 1 fully saturated rings. The summed E-state index contributed by atoms with van der Waals surface area (Å²) in [4.78, 5) is 27.6. The van der Waals surface area contributed by atoms with Crippen molar-refractivity contribution in [3.05, 3.63) is 59.4 Å². The number of amides is 2. The van der Waals surface area contributed by atoms with E-state index in [1.54, 1.807) is 37.3 Å². The van der Waals surface area contributed by atoms with Gasteiger partial charge < -0.3 is 19.7 Å². The van der Waals surface area contributed by atoms with Crippen molar-refractivity contribution in [3.8, 4) is 11.5 Å². The standard InChI is InChI=1S/C24H29FN2O4/c1-4-5-12-26-23(28)20-15-27(24(29)18-8-6-7-9-21(18)25)14-19(20)17-11-10-16(30-2)13-22(17)31-3/h6-11,13,19-20H,4-5,12,14-15H2,1-3H3,(H,26,28)/t19-,20+/m1/s1. The molecule has 7 heteroatoms. The predicted molar refractivity (Wildman–Crippen MR) is 116 cm³/mol. The van der Waals surface area contributed by atoms with E-state index in [1.807, 2.05) is 12.1 Å². The molecule has 6 nitrogen and oxygen atoms in total. The van der Waals surface area contributed by atoms with E-state index in [4.69, 9.17) is 9.47 Å². The molecule has 1 saturated heterocycles. The molecule has 0 bridgehead atoms. The number of hydrogen-bond acceptors (Lipinski definition) is 4. The third kappa shape index (κ3) is 4.98. The minimum absolute atomic E-state index is 0.00925. The number of rotatable bonds is 8. The number of hydrogen-bond donors (Lipinski definition) is 1. The number of carbonyl (C=O) groups excluding carboxylic acids is 2. The summed E-state index contributed by atoms with van der Waals surface area (Å²) >= 11 is 0. The van der Waals surface area contributed by atoms with Gasteiger partial charge in [-0.25, -0.2) is 4.39 Å². The molecule has 0 aliphatic carbocycles. The Kier molecular flexibility index (Phi) is 7.50. The Labute approximate surface area is 182 Å². The largest absolute Gasteiger partial charge is 0.497 e. The van der Waals surface area contributed by atoms with Crippen LogP contribution in [0.3, 0.4) is 0 Å². The van der Waals surface area contributed by atoms with Crippen molar-refractivity contribution in [3.63, 3.8) is 0 Å². The molecule has 1 N–H and O–H groups in total. The van der Waals surface area contributed by atoms with Gasteiger partial charge >= 0.3 is 0 Å². The van der Waals surface area contributed by atoms with Gasteiger partial charge in [0.05, 0.1) is 25.7 Å². The number of halogens is 1. The molecular formula is C24H29FN2O4. The lowest BCUT2D eigenvalue weighted by Gasteiger charge is -2.21. The van der Waals surface area contributed by atoms with Gasteiger partial charge in [-0.15, -0.1) is 0 Å². The van der Waals surface area contributed by atoms with Crippen LogP contribution in [0.2, 0.25) is 0 Å². The van der Waals surface area contributed by atoms with E-state index in [-0.39, 0.29) is 23.9 Å². The SMILES string of the molecule is CCCCNC(=O)[C@H]1CN(C(=O)c2ccccc2F)C[C@@H]1c1ccc(OC)cc1OC. The maximum absolute atomic E-state index is 14.2. The Bertz CT molecular complexity index is 934. The Morgan fingerprint density at radius 2 is 1.90 bits per heavy atom. The van der Waals surface area contributed by atoms with Crippen molar-refractivity contribution in [1.82, 2.24) is 10.2 Å². The van der Waals surface area contributed by atoms with Crippen molar-refractivity contribution >= 4 is 11.8 Å². The van der Waals surface area contributed by atoms with E-state index >= 15 is 0 Å². The lowest BCUT2D eigenvalue weighted by molar-refractivity contribution is -0.124. The van der Waals surface area contributed by atoms with Crippen LogP contribution in [0, 0.1) is 11.7 Å². The van der Waals surface area contributed by atoms with Crippen molar-refractivity contribution in [2.24, 2.45) is 5.92 Å². The van der Waals surface area contributed by atoms with E-state index in [0.717, 1.165) is 18.4 Å². The van der Waals surface area contributed by atoms with Gasteiger partial charge in [0.2, 0.25) is 5.91 Å². The number of ether oxygens (including phenoxy) is 2. The summed E-state index contributed by atoms with van der Waals surface area (Å²) in [6.07, 6.45) is 1.85. The Morgan fingerprint density at radius 3 is 2.58 bits per heavy atom. The number of nitrogens with zero attached hydrogens (tertiary/aromatic N) is 1. The first-order valence-corrected chi connectivity index (χ1v) is 10.5. The molecular weight excluding hydrogens is 399 g/mol. The third-order valence-corrected chi connectivity index (χ3v) is 5.72. The fourth-order valence-electron chi connectivity index (χ4n) is 4.00. The average Bonchev–Trinajstić information content (AvgIpc) is 3.24. The van der Waals surface area contributed by atoms with Crippen LogP contribution >= 0.6 is 0 Å². The number of unbranched alkanes of at least 4 members (excludes halogenated alkanes) is 1. The molecule has 0 radical (unpaired) electrons. The summed E-state index contributed by atoms with van der Waals surface area (Å²) in [6, 6.07) is 11.4. The van der Waals surface area contributed by atoms with Gasteiger partial charge in [0.25, 0.3) is 5.91 Å². The van der Waals surface area contributed by atoms with Crippen molar-refractivity contribution in [2.75, 3.05) is 33.9 Å². The van der Waals surface area contributed by atoms with Crippen LogP contribution in [0.5, 0.6) is 11.5 Å². The summed E-state index contributed by atoms with van der Waals surface area (Å²) in [5, 5.41) is 2.98. The Balaban J connectivity index is 1.92. The first kappa shape index (κ1) is 22.6. The molecule has 2 atom stereocenters. The smallest absolute Gasteiger partial charge is 0.256 e. The average molecular weight is 429 g/mol. The highest BCUT2D eigenvalue weighted by Gasteiger charge is 2.42. The lowest BCUT2D eigenvalue weighted by atomic mass is 9.87. The maximum Gasteiger partial charge on any atom is 0.256 e. The van der Waals surface area contributed by atoms with E-state index < -0.39 is 17.6 Å². The van der Waals surface area contributed by atoms with Crippen LogP contribution in [0.1, 0.15) is 41.6 Å². The van der Waals surface area contributed by atoms with Crippen molar-refractivity contribution in [2.45, 2.75) is 25.7 Å². The summed E-state index contributed by atoms with van der Waals surface area (Å²) in [5.41, 5.74) is 0.831. The molecule has 2 aromatic carbocycles. The zero-order chi connectivity index (χ0) is 22.4. The number of nitrogens with one attached hydrogen (secondary N) is 1.